The SMILES string of the molecule is CCO/N=C(\c1ccc(F)c(F)c1)c1ccc(CN2CC3(C2)CN(c2ccn4cc(CC)nc4c2)C3)cn1. The number of rotatable bonds is 8. The second-order valence-corrected chi connectivity index (χ2v) is 10.3. The van der Waals surface area contributed by atoms with Crippen molar-refractivity contribution in [1.82, 2.24) is 19.3 Å². The summed E-state index contributed by atoms with van der Waals surface area (Å²) in [6, 6.07) is 11.9. The van der Waals surface area contributed by atoms with E-state index in [4.69, 9.17) is 9.82 Å². The van der Waals surface area contributed by atoms with E-state index in [-0.39, 0.29) is 0 Å². The fraction of sp³-hybridized carbons (Fsp3) is 0.345. The van der Waals surface area contributed by atoms with Crippen molar-refractivity contribution in [2.24, 2.45) is 10.6 Å². The third-order valence-corrected chi connectivity index (χ3v) is 7.34. The minimum absolute atomic E-state index is 0.355. The molecule has 0 unspecified atom stereocenters. The van der Waals surface area contributed by atoms with Crippen molar-refractivity contribution in [3.63, 3.8) is 0 Å². The lowest BCUT2D eigenvalue weighted by atomic mass is 9.72. The fourth-order valence-electron chi connectivity index (χ4n) is 5.49. The van der Waals surface area contributed by atoms with Crippen LogP contribution < -0.4 is 4.90 Å². The van der Waals surface area contributed by atoms with E-state index >= 15 is 0 Å². The number of oxime groups is 1. The van der Waals surface area contributed by atoms with Gasteiger partial charge in [0.05, 0.1) is 11.4 Å². The van der Waals surface area contributed by atoms with Gasteiger partial charge >= 0.3 is 0 Å². The predicted octanol–water partition coefficient (Wildman–Crippen LogP) is 4.68. The highest BCUT2D eigenvalue weighted by Gasteiger charge is 2.51. The van der Waals surface area contributed by atoms with Crippen molar-refractivity contribution in [2.75, 3.05) is 37.7 Å². The zero-order valence-corrected chi connectivity index (χ0v) is 21.6. The van der Waals surface area contributed by atoms with Crippen LogP contribution in [-0.2, 0) is 17.8 Å². The van der Waals surface area contributed by atoms with Crippen molar-refractivity contribution in [3.8, 4) is 0 Å². The number of fused-ring (bicyclic) bond motifs is 1. The van der Waals surface area contributed by atoms with Crippen LogP contribution in [0.15, 0.2) is 66.2 Å². The van der Waals surface area contributed by atoms with Gasteiger partial charge in [0.25, 0.3) is 0 Å². The minimum Gasteiger partial charge on any atom is -0.396 e. The summed E-state index contributed by atoms with van der Waals surface area (Å²) in [6.45, 7) is 9.34. The molecule has 7 nitrogen and oxygen atoms in total. The quantitative estimate of drug-likeness (QED) is 0.251. The highest BCUT2D eigenvalue weighted by atomic mass is 19.2. The Balaban J connectivity index is 1.06. The Bertz CT molecular complexity index is 1480. The van der Waals surface area contributed by atoms with E-state index in [0.717, 1.165) is 68.2 Å². The largest absolute Gasteiger partial charge is 0.396 e. The number of aryl methyl sites for hydroxylation is 1. The molecule has 5 heterocycles. The first-order valence-electron chi connectivity index (χ1n) is 13.0. The molecular formula is C29H30F2N6O. The van der Waals surface area contributed by atoms with Gasteiger partial charge in [0, 0.05) is 74.0 Å². The van der Waals surface area contributed by atoms with Crippen LogP contribution in [0.4, 0.5) is 14.5 Å². The molecule has 2 fully saturated rings. The molecule has 38 heavy (non-hydrogen) atoms. The van der Waals surface area contributed by atoms with E-state index in [1.54, 1.807) is 0 Å². The molecule has 2 saturated heterocycles. The number of pyridine rings is 2. The number of benzene rings is 1. The second kappa shape index (κ2) is 9.79. The molecule has 1 spiro atoms. The fourth-order valence-corrected chi connectivity index (χ4v) is 5.49. The molecule has 0 aliphatic carbocycles. The van der Waals surface area contributed by atoms with E-state index in [0.29, 0.717) is 29.0 Å². The summed E-state index contributed by atoms with van der Waals surface area (Å²) in [5.41, 5.74) is 6.13. The lowest BCUT2D eigenvalue weighted by Gasteiger charge is -2.61. The molecule has 9 heteroatoms. The van der Waals surface area contributed by atoms with Gasteiger partial charge in [-0.2, -0.15) is 0 Å². The number of imidazole rings is 1. The Hall–Kier alpha value is -3.85. The maximum absolute atomic E-state index is 13.8. The second-order valence-electron chi connectivity index (χ2n) is 10.3. The van der Waals surface area contributed by atoms with Crippen LogP contribution in [0.5, 0.6) is 0 Å². The topological polar surface area (TPSA) is 58.3 Å². The molecule has 0 N–H and O–H groups in total. The summed E-state index contributed by atoms with van der Waals surface area (Å²) >= 11 is 0. The molecule has 0 atom stereocenters. The molecule has 2 aliphatic heterocycles. The van der Waals surface area contributed by atoms with Crippen LogP contribution in [0.1, 0.15) is 36.4 Å². The average Bonchev–Trinajstić information content (AvgIpc) is 3.30. The third kappa shape index (κ3) is 4.62. The van der Waals surface area contributed by atoms with E-state index < -0.39 is 11.6 Å². The zero-order valence-electron chi connectivity index (χ0n) is 21.6. The first-order valence-corrected chi connectivity index (χ1v) is 13.0. The number of hydrogen-bond acceptors (Lipinski definition) is 6. The molecular weight excluding hydrogens is 486 g/mol. The van der Waals surface area contributed by atoms with Gasteiger partial charge in [-0.15, -0.1) is 0 Å². The molecule has 196 valence electrons. The number of nitrogens with zero attached hydrogens (tertiary/aromatic N) is 6. The lowest BCUT2D eigenvalue weighted by Crippen LogP contribution is -2.71. The first-order chi connectivity index (χ1) is 18.4. The molecule has 4 aromatic rings. The van der Waals surface area contributed by atoms with E-state index in [1.807, 2.05) is 25.3 Å². The van der Waals surface area contributed by atoms with Gasteiger partial charge in [0.2, 0.25) is 0 Å². The molecule has 2 aliphatic rings. The Morgan fingerprint density at radius 2 is 1.87 bits per heavy atom. The summed E-state index contributed by atoms with van der Waals surface area (Å²) in [5, 5.41) is 4.11. The number of hydrogen-bond donors (Lipinski definition) is 0. The van der Waals surface area contributed by atoms with Crippen LogP contribution in [0.25, 0.3) is 5.65 Å². The van der Waals surface area contributed by atoms with Gasteiger partial charge in [0.15, 0.2) is 11.6 Å². The third-order valence-electron chi connectivity index (χ3n) is 7.34. The zero-order chi connectivity index (χ0) is 26.3. The van der Waals surface area contributed by atoms with Crippen molar-refractivity contribution < 1.29 is 13.6 Å². The number of likely N-dealkylation sites (tertiary alicyclic amines) is 1. The average molecular weight is 517 g/mol. The molecule has 6 rings (SSSR count). The summed E-state index contributed by atoms with van der Waals surface area (Å²) in [5.74, 6) is -1.84. The van der Waals surface area contributed by atoms with Gasteiger partial charge in [-0.25, -0.2) is 13.8 Å². The number of aromatic nitrogens is 3. The first kappa shape index (κ1) is 24.5. The van der Waals surface area contributed by atoms with Crippen LogP contribution in [0.2, 0.25) is 0 Å². The van der Waals surface area contributed by atoms with Crippen LogP contribution >= 0.6 is 0 Å². The van der Waals surface area contributed by atoms with Crippen molar-refractivity contribution >= 4 is 17.0 Å². The Morgan fingerprint density at radius 3 is 2.58 bits per heavy atom. The van der Waals surface area contributed by atoms with Crippen molar-refractivity contribution in [3.05, 3.63) is 95.2 Å². The molecule has 3 aromatic heterocycles. The number of anilines is 1. The molecule has 0 radical (unpaired) electrons. The smallest absolute Gasteiger partial charge is 0.159 e. The van der Waals surface area contributed by atoms with Gasteiger partial charge in [-0.3, -0.25) is 9.88 Å². The Kier molecular flexibility index (Phi) is 6.31. The highest BCUT2D eigenvalue weighted by Crippen LogP contribution is 2.42. The Labute approximate surface area is 220 Å². The molecule has 1 aromatic carbocycles. The molecule has 0 saturated carbocycles. The number of halogens is 2. The van der Waals surface area contributed by atoms with Crippen LogP contribution in [0.3, 0.4) is 0 Å². The predicted molar refractivity (Wildman–Crippen MR) is 142 cm³/mol. The van der Waals surface area contributed by atoms with Gasteiger partial charge in [-0.05, 0) is 49.2 Å². The molecule has 0 bridgehead atoms. The minimum atomic E-state index is -0.933. The monoisotopic (exact) mass is 516 g/mol. The summed E-state index contributed by atoms with van der Waals surface area (Å²) < 4.78 is 29.3. The Morgan fingerprint density at radius 1 is 1.03 bits per heavy atom. The summed E-state index contributed by atoms with van der Waals surface area (Å²) in [4.78, 5) is 19.3. The van der Waals surface area contributed by atoms with Crippen LogP contribution in [-0.4, -0.2) is 57.8 Å². The van der Waals surface area contributed by atoms with Crippen molar-refractivity contribution in [2.45, 2.75) is 26.8 Å². The maximum Gasteiger partial charge on any atom is 0.159 e. The van der Waals surface area contributed by atoms with E-state index in [1.165, 1.54) is 11.8 Å². The van der Waals surface area contributed by atoms with Crippen molar-refractivity contribution in [1.29, 1.82) is 0 Å². The summed E-state index contributed by atoms with van der Waals surface area (Å²) in [6.07, 6.45) is 6.95. The molecule has 0 amide bonds. The highest BCUT2D eigenvalue weighted by molar-refractivity contribution is 6.11. The van der Waals surface area contributed by atoms with E-state index in [9.17, 15) is 8.78 Å². The van der Waals surface area contributed by atoms with Gasteiger partial charge < -0.3 is 14.1 Å². The van der Waals surface area contributed by atoms with Gasteiger partial charge in [-0.1, -0.05) is 18.1 Å². The lowest BCUT2D eigenvalue weighted by molar-refractivity contribution is -0.0273. The van der Waals surface area contributed by atoms with Gasteiger partial charge in [0.1, 0.15) is 18.0 Å². The summed E-state index contributed by atoms with van der Waals surface area (Å²) in [7, 11) is 0. The normalized spacial score (nSPS) is 17.1. The standard InChI is InChI=1S/C29H30F2N6O/c1-3-22-15-36-10-9-23(12-27(36)33-22)37-18-29(19-37)16-35(17-29)14-20-5-8-26(32-13-20)28(34-38-4-2)21-6-7-24(30)25(31)11-21/h5-13,15H,3-4,14,16-19H2,1-2H3/b34-28+. The van der Waals surface area contributed by atoms with Crippen LogP contribution in [0, 0.1) is 17.0 Å². The maximum atomic E-state index is 13.8. The van der Waals surface area contributed by atoms with E-state index in [2.05, 4.69) is 55.8 Å².